The Hall–Kier alpha value is -2.73. The van der Waals surface area contributed by atoms with Gasteiger partial charge in [0.2, 0.25) is 5.91 Å². The van der Waals surface area contributed by atoms with Gasteiger partial charge in [-0.15, -0.1) is 0 Å². The number of carbonyl (C=O) groups is 2. The van der Waals surface area contributed by atoms with Crippen molar-refractivity contribution in [3.63, 3.8) is 0 Å². The van der Waals surface area contributed by atoms with Crippen molar-refractivity contribution in [1.82, 2.24) is 10.2 Å². The Morgan fingerprint density at radius 3 is 2.77 bits per heavy atom. The molecule has 30 heavy (non-hydrogen) atoms. The Morgan fingerprint density at radius 2 is 1.90 bits per heavy atom. The van der Waals surface area contributed by atoms with E-state index in [4.69, 9.17) is 0 Å². The summed E-state index contributed by atoms with van der Waals surface area (Å²) in [5.74, 6) is -0.768. The number of nitrogens with one attached hydrogen (secondary N) is 1. The summed E-state index contributed by atoms with van der Waals surface area (Å²) < 4.78 is 14.2. The van der Waals surface area contributed by atoms with E-state index in [2.05, 4.69) is 21.2 Å². The molecule has 3 aromatic carbocycles. The largest absolute Gasteiger partial charge is 0.352 e. The third-order valence-electron chi connectivity index (χ3n) is 5.56. The van der Waals surface area contributed by atoms with Gasteiger partial charge < -0.3 is 10.2 Å². The number of piperidine rings is 1. The van der Waals surface area contributed by atoms with Crippen LogP contribution >= 0.6 is 15.9 Å². The molecule has 3 aromatic rings. The fraction of sp³-hybridized carbons (Fsp3) is 0.250. The Balaban J connectivity index is 1.44. The normalized spacial score (nSPS) is 16.5. The van der Waals surface area contributed by atoms with Crippen molar-refractivity contribution in [2.24, 2.45) is 5.92 Å². The zero-order valence-electron chi connectivity index (χ0n) is 16.4. The van der Waals surface area contributed by atoms with E-state index in [1.165, 1.54) is 12.1 Å². The van der Waals surface area contributed by atoms with Crippen LogP contribution in [-0.2, 0) is 11.3 Å². The molecule has 0 radical (unpaired) electrons. The summed E-state index contributed by atoms with van der Waals surface area (Å²) >= 11 is 3.38. The molecule has 154 valence electrons. The van der Waals surface area contributed by atoms with Crippen LogP contribution in [0.5, 0.6) is 0 Å². The number of nitrogens with zero attached hydrogens (tertiary/aromatic N) is 1. The van der Waals surface area contributed by atoms with Crippen molar-refractivity contribution < 1.29 is 14.0 Å². The van der Waals surface area contributed by atoms with Gasteiger partial charge in [-0.2, -0.15) is 0 Å². The average Bonchev–Trinajstić information content (AvgIpc) is 2.78. The molecule has 4 nitrogen and oxygen atoms in total. The number of hydrogen-bond acceptors (Lipinski definition) is 2. The maximum atomic E-state index is 13.5. The van der Waals surface area contributed by atoms with Crippen LogP contribution in [-0.4, -0.2) is 29.8 Å². The standard InChI is InChI=1S/C24H22BrFN2O2/c25-22-11-10-19(26)13-18(22)14-27-23(29)17-7-4-12-28(15-17)24(30)21-9-3-6-16-5-1-2-8-20(16)21/h1-3,5-6,8-11,13,17H,4,7,12,14-15H2,(H,27,29). The second-order valence-corrected chi connectivity index (χ2v) is 8.42. The second kappa shape index (κ2) is 8.96. The maximum absolute atomic E-state index is 13.5. The number of likely N-dealkylation sites (tertiary alicyclic amines) is 1. The monoisotopic (exact) mass is 468 g/mol. The molecule has 1 heterocycles. The predicted octanol–water partition coefficient (Wildman–Crippen LogP) is 4.91. The van der Waals surface area contributed by atoms with E-state index >= 15 is 0 Å². The van der Waals surface area contributed by atoms with E-state index in [1.807, 2.05) is 42.5 Å². The first-order valence-electron chi connectivity index (χ1n) is 10.0. The molecule has 0 spiro atoms. The summed E-state index contributed by atoms with van der Waals surface area (Å²) in [4.78, 5) is 27.7. The van der Waals surface area contributed by atoms with Crippen LogP contribution in [0.3, 0.4) is 0 Å². The van der Waals surface area contributed by atoms with Crippen molar-refractivity contribution in [2.45, 2.75) is 19.4 Å². The SMILES string of the molecule is O=C(NCc1cc(F)ccc1Br)C1CCCN(C(=O)c2cccc3ccccc23)C1. The molecule has 1 N–H and O–H groups in total. The molecule has 1 atom stereocenters. The zero-order valence-corrected chi connectivity index (χ0v) is 18.0. The Labute approximate surface area is 183 Å². The van der Waals surface area contributed by atoms with E-state index in [1.54, 1.807) is 11.0 Å². The Morgan fingerprint density at radius 1 is 1.10 bits per heavy atom. The fourth-order valence-corrected chi connectivity index (χ4v) is 4.35. The highest BCUT2D eigenvalue weighted by atomic mass is 79.9. The summed E-state index contributed by atoms with van der Waals surface area (Å²) in [7, 11) is 0. The van der Waals surface area contributed by atoms with Crippen molar-refractivity contribution in [3.8, 4) is 0 Å². The minimum absolute atomic E-state index is 0.0443. The van der Waals surface area contributed by atoms with E-state index in [-0.39, 0.29) is 30.1 Å². The molecule has 4 rings (SSSR count). The first kappa shape index (κ1) is 20.5. The van der Waals surface area contributed by atoms with Gasteiger partial charge in [-0.3, -0.25) is 9.59 Å². The molecule has 0 saturated carbocycles. The number of halogens is 2. The van der Waals surface area contributed by atoms with Crippen LogP contribution in [0.2, 0.25) is 0 Å². The number of amides is 2. The van der Waals surface area contributed by atoms with Crippen molar-refractivity contribution in [1.29, 1.82) is 0 Å². The minimum Gasteiger partial charge on any atom is -0.352 e. The van der Waals surface area contributed by atoms with Gasteiger partial charge >= 0.3 is 0 Å². The lowest BCUT2D eigenvalue weighted by molar-refractivity contribution is -0.126. The highest BCUT2D eigenvalue weighted by molar-refractivity contribution is 9.10. The number of hydrogen-bond donors (Lipinski definition) is 1. The van der Waals surface area contributed by atoms with Gasteiger partial charge in [0.25, 0.3) is 5.91 Å². The van der Waals surface area contributed by atoms with Crippen molar-refractivity contribution >= 4 is 38.5 Å². The summed E-state index contributed by atoms with van der Waals surface area (Å²) in [5, 5.41) is 4.84. The highest BCUT2D eigenvalue weighted by Gasteiger charge is 2.29. The minimum atomic E-state index is -0.341. The van der Waals surface area contributed by atoms with Gasteiger partial charge in [0.05, 0.1) is 5.92 Å². The molecule has 6 heteroatoms. The van der Waals surface area contributed by atoms with E-state index in [0.717, 1.165) is 28.1 Å². The number of rotatable bonds is 4. The lowest BCUT2D eigenvalue weighted by Crippen LogP contribution is -2.45. The molecule has 0 aromatic heterocycles. The smallest absolute Gasteiger partial charge is 0.254 e. The summed E-state index contributed by atoms with van der Waals surface area (Å²) in [6.45, 7) is 1.27. The molecule has 1 aliphatic rings. The number of carbonyl (C=O) groups excluding carboxylic acids is 2. The van der Waals surface area contributed by atoms with Crippen LogP contribution in [0.1, 0.15) is 28.8 Å². The second-order valence-electron chi connectivity index (χ2n) is 7.57. The molecule has 1 saturated heterocycles. The lowest BCUT2D eigenvalue weighted by Gasteiger charge is -2.32. The quantitative estimate of drug-likeness (QED) is 0.591. The van der Waals surface area contributed by atoms with Crippen LogP contribution in [0.4, 0.5) is 4.39 Å². The molecule has 1 unspecified atom stereocenters. The third kappa shape index (κ3) is 4.38. The molecular weight excluding hydrogens is 447 g/mol. The van der Waals surface area contributed by atoms with Crippen molar-refractivity contribution in [3.05, 3.63) is 82.1 Å². The lowest BCUT2D eigenvalue weighted by atomic mass is 9.95. The highest BCUT2D eigenvalue weighted by Crippen LogP contribution is 2.24. The van der Waals surface area contributed by atoms with Crippen molar-refractivity contribution in [2.75, 3.05) is 13.1 Å². The Bertz CT molecular complexity index is 1100. The maximum Gasteiger partial charge on any atom is 0.254 e. The van der Waals surface area contributed by atoms with Gasteiger partial charge in [0, 0.05) is 29.7 Å². The number of fused-ring (bicyclic) bond motifs is 1. The molecule has 1 aliphatic heterocycles. The summed E-state index contributed by atoms with van der Waals surface area (Å²) in [5.41, 5.74) is 1.35. The molecule has 1 fully saturated rings. The zero-order chi connectivity index (χ0) is 21.1. The van der Waals surface area contributed by atoms with Gasteiger partial charge in [-0.25, -0.2) is 4.39 Å². The van der Waals surface area contributed by atoms with Crippen LogP contribution in [0.15, 0.2) is 65.1 Å². The van der Waals surface area contributed by atoms with Gasteiger partial charge in [0.15, 0.2) is 0 Å². The third-order valence-corrected chi connectivity index (χ3v) is 6.33. The summed E-state index contributed by atoms with van der Waals surface area (Å²) in [6.07, 6.45) is 1.51. The predicted molar refractivity (Wildman–Crippen MR) is 119 cm³/mol. The van der Waals surface area contributed by atoms with Gasteiger partial charge in [-0.05, 0) is 53.4 Å². The van der Waals surface area contributed by atoms with E-state index in [9.17, 15) is 14.0 Å². The topological polar surface area (TPSA) is 49.4 Å². The molecular formula is C24H22BrFN2O2. The average molecular weight is 469 g/mol. The van der Waals surface area contributed by atoms with E-state index in [0.29, 0.717) is 24.2 Å². The van der Waals surface area contributed by atoms with Gasteiger partial charge in [-0.1, -0.05) is 52.3 Å². The first-order chi connectivity index (χ1) is 14.5. The Kier molecular flexibility index (Phi) is 6.13. The van der Waals surface area contributed by atoms with Crippen LogP contribution in [0.25, 0.3) is 10.8 Å². The van der Waals surface area contributed by atoms with Crippen LogP contribution < -0.4 is 5.32 Å². The van der Waals surface area contributed by atoms with Gasteiger partial charge in [0.1, 0.15) is 5.82 Å². The number of benzene rings is 3. The molecule has 0 aliphatic carbocycles. The van der Waals surface area contributed by atoms with E-state index < -0.39 is 0 Å². The first-order valence-corrected chi connectivity index (χ1v) is 10.8. The molecule has 2 amide bonds. The summed E-state index contributed by atoms with van der Waals surface area (Å²) in [6, 6.07) is 17.9. The molecule has 0 bridgehead atoms. The van der Waals surface area contributed by atoms with Crippen LogP contribution in [0, 0.1) is 11.7 Å². The fourth-order valence-electron chi connectivity index (χ4n) is 3.96.